The molecule has 4 fully saturated rings. The van der Waals surface area contributed by atoms with Crippen molar-refractivity contribution in [2.45, 2.75) is 121 Å². The van der Waals surface area contributed by atoms with Crippen molar-refractivity contribution in [2.75, 3.05) is 39.8 Å². The molecular formula is C49H65ClN4O7Si. The molecule has 2 atom stereocenters. The molecule has 0 unspecified atom stereocenters. The maximum absolute atomic E-state index is 14.1. The van der Waals surface area contributed by atoms with Gasteiger partial charge in [-0.25, -0.2) is 0 Å². The van der Waals surface area contributed by atoms with Crippen LogP contribution in [0.3, 0.4) is 0 Å². The molecule has 4 aliphatic rings. The Balaban J connectivity index is 0.973. The van der Waals surface area contributed by atoms with Gasteiger partial charge in [-0.05, 0) is 117 Å². The van der Waals surface area contributed by atoms with E-state index >= 15 is 0 Å². The molecule has 11 nitrogen and oxygen atoms in total. The Morgan fingerprint density at radius 3 is 2.48 bits per heavy atom. The fourth-order valence-corrected chi connectivity index (χ4v) is 10.9. The molecule has 2 bridgehead atoms. The van der Waals surface area contributed by atoms with Crippen LogP contribution in [0, 0.1) is 5.92 Å². The van der Waals surface area contributed by atoms with Gasteiger partial charge in [0, 0.05) is 43.2 Å². The number of esters is 1. The molecule has 1 amide bonds. The number of aryl methyl sites for hydroxylation is 1. The molecule has 0 radical (unpaired) electrons. The number of nitrogens with one attached hydrogen (secondary N) is 3. The van der Waals surface area contributed by atoms with Gasteiger partial charge in [0.1, 0.15) is 17.6 Å². The third-order valence-electron chi connectivity index (χ3n) is 14.1. The molecule has 62 heavy (non-hydrogen) atoms. The Kier molecular flexibility index (Phi) is 14.2. The third kappa shape index (κ3) is 10.1. The first-order chi connectivity index (χ1) is 29.6. The number of benzene rings is 3. The number of fused-ring (bicyclic) bond motifs is 4. The number of methoxy groups -OCH3 is 1. The van der Waals surface area contributed by atoms with Crippen molar-refractivity contribution in [3.63, 3.8) is 0 Å². The maximum atomic E-state index is 14.1. The fourth-order valence-electron chi connectivity index (χ4n) is 9.40. The highest BCUT2D eigenvalue weighted by Crippen LogP contribution is 2.43. The van der Waals surface area contributed by atoms with E-state index in [1.54, 1.807) is 31.4 Å². The van der Waals surface area contributed by atoms with Gasteiger partial charge in [0.15, 0.2) is 8.32 Å². The minimum Gasteiger partial charge on any atom is -0.506 e. The smallest absolute Gasteiger partial charge is 0.316 e. The first-order valence-electron chi connectivity index (χ1n) is 22.5. The predicted octanol–water partition coefficient (Wildman–Crippen LogP) is 8.95. The van der Waals surface area contributed by atoms with Crippen molar-refractivity contribution >= 4 is 42.7 Å². The van der Waals surface area contributed by atoms with Crippen molar-refractivity contribution in [2.24, 2.45) is 5.92 Å². The molecule has 4 heterocycles. The minimum atomic E-state index is -2.28. The van der Waals surface area contributed by atoms with Gasteiger partial charge in [-0.15, -0.1) is 0 Å². The molecule has 1 aliphatic carbocycles. The number of amides is 1. The molecule has 4 aromatic rings. The van der Waals surface area contributed by atoms with Crippen molar-refractivity contribution in [3.8, 4) is 11.5 Å². The second-order valence-corrected chi connectivity index (χ2v) is 24.4. The molecule has 3 saturated heterocycles. The van der Waals surface area contributed by atoms with Gasteiger partial charge in [-0.3, -0.25) is 19.3 Å². The number of aromatic nitrogens is 1. The topological polar surface area (TPSA) is 142 Å². The average molecular weight is 886 g/mol. The predicted molar refractivity (Wildman–Crippen MR) is 248 cm³/mol. The van der Waals surface area contributed by atoms with Gasteiger partial charge in [0.05, 0.1) is 34.7 Å². The first kappa shape index (κ1) is 45.8. The standard InChI is InChI=1S/C49H65ClN4O7Si/c1-48(2,3)62(5,6)61-42(36-15-17-40(55)45-37(36)16-18-44(56)53-45)30-51-29-34-27-39(50)38(28-41(34)59-4)46(57)52-23-11-13-32-12-10-14-35(26-32)49(21-8-7-9-22-49)47(58)60-43-31-54-24-19-33(43)20-25-54/h10,12,14-18,26-28,33,42-43,51,55H,7-9,11,13,19-25,29-31H2,1-6H3,(H,52,57)(H,53,56)/t42-,43-/m0/s1. The molecule has 13 heteroatoms. The van der Waals surface area contributed by atoms with Crippen LogP contribution in [-0.2, 0) is 32.3 Å². The summed E-state index contributed by atoms with van der Waals surface area (Å²) in [5, 5.41) is 18.1. The van der Waals surface area contributed by atoms with E-state index in [-0.39, 0.29) is 34.3 Å². The van der Waals surface area contributed by atoms with E-state index in [9.17, 15) is 19.5 Å². The number of halogens is 1. The maximum Gasteiger partial charge on any atom is 0.316 e. The Morgan fingerprint density at radius 1 is 1.03 bits per heavy atom. The molecular weight excluding hydrogens is 820 g/mol. The molecule has 0 spiro atoms. The highest BCUT2D eigenvalue weighted by atomic mass is 35.5. The SMILES string of the molecule is COc1cc(C(=O)NCCCc2cccc(C3(C(=O)O[C@H]4CN5CCC4CC5)CCCCC3)c2)c(Cl)cc1CNC[C@H](O[Si](C)(C)C(C)(C)C)c1ccc(O)c2[nH]c(=O)ccc12. The van der Waals surface area contributed by atoms with E-state index in [2.05, 4.69) is 78.6 Å². The van der Waals surface area contributed by atoms with Crippen LogP contribution in [-0.4, -0.2) is 81.1 Å². The van der Waals surface area contributed by atoms with Crippen LogP contribution in [0.15, 0.2) is 65.5 Å². The number of ether oxygens (including phenoxy) is 2. The summed E-state index contributed by atoms with van der Waals surface area (Å²) in [5.41, 5.74) is 3.64. The summed E-state index contributed by atoms with van der Waals surface area (Å²) in [5.74, 6) is 0.678. The van der Waals surface area contributed by atoms with E-state index in [0.717, 1.165) is 93.3 Å². The normalized spacial score (nSPS) is 20.5. The molecule has 3 aliphatic heterocycles. The van der Waals surface area contributed by atoms with E-state index in [1.165, 1.54) is 6.07 Å². The lowest BCUT2D eigenvalue weighted by atomic mass is 9.69. The zero-order valence-corrected chi connectivity index (χ0v) is 39.1. The third-order valence-corrected chi connectivity index (χ3v) is 18.9. The zero-order valence-electron chi connectivity index (χ0n) is 37.3. The largest absolute Gasteiger partial charge is 0.506 e. The van der Waals surface area contributed by atoms with Crippen molar-refractivity contribution in [1.82, 2.24) is 20.5 Å². The van der Waals surface area contributed by atoms with E-state index < -0.39 is 19.8 Å². The number of pyridine rings is 1. The monoisotopic (exact) mass is 884 g/mol. The van der Waals surface area contributed by atoms with Gasteiger partial charge >= 0.3 is 5.97 Å². The number of aromatic amines is 1. The summed E-state index contributed by atoms with van der Waals surface area (Å²) in [6, 6.07) is 18.5. The Morgan fingerprint density at radius 2 is 1.79 bits per heavy atom. The number of rotatable bonds is 16. The van der Waals surface area contributed by atoms with Crippen LogP contribution >= 0.6 is 11.6 Å². The van der Waals surface area contributed by atoms with Crippen LogP contribution in [0.1, 0.15) is 111 Å². The number of nitrogens with zero attached hydrogens (tertiary/aromatic N) is 1. The number of hydrogen-bond donors (Lipinski definition) is 4. The van der Waals surface area contributed by atoms with Crippen LogP contribution in [0.25, 0.3) is 10.9 Å². The summed E-state index contributed by atoms with van der Waals surface area (Å²) in [6.45, 7) is 15.3. The summed E-state index contributed by atoms with van der Waals surface area (Å²) in [4.78, 5) is 44.9. The number of carbonyl (C=O) groups is 2. The minimum absolute atomic E-state index is 0.00307. The van der Waals surface area contributed by atoms with E-state index in [1.807, 2.05) is 6.07 Å². The quantitative estimate of drug-likeness (QED) is 0.0493. The number of carbonyl (C=O) groups excluding carboxylic acids is 2. The van der Waals surface area contributed by atoms with Gasteiger partial charge in [0.2, 0.25) is 5.56 Å². The van der Waals surface area contributed by atoms with Gasteiger partial charge in [-0.1, -0.05) is 82.0 Å². The number of H-pyrrole nitrogens is 1. The number of phenols is 1. The molecule has 3 aromatic carbocycles. The van der Waals surface area contributed by atoms with E-state index in [4.69, 9.17) is 25.5 Å². The molecule has 334 valence electrons. The second-order valence-electron chi connectivity index (χ2n) is 19.2. The number of phenolic OH excluding ortho intramolecular Hbond substituents is 1. The fraction of sp³-hybridized carbons (Fsp3) is 0.531. The molecule has 8 rings (SSSR count). The highest BCUT2D eigenvalue weighted by molar-refractivity contribution is 6.74. The van der Waals surface area contributed by atoms with Crippen molar-refractivity contribution in [3.05, 3.63) is 104 Å². The summed E-state index contributed by atoms with van der Waals surface area (Å²) >= 11 is 6.78. The number of hydrogen-bond acceptors (Lipinski definition) is 9. The summed E-state index contributed by atoms with van der Waals surface area (Å²) < 4.78 is 19.1. The zero-order chi connectivity index (χ0) is 44.2. The molecule has 1 saturated carbocycles. The summed E-state index contributed by atoms with van der Waals surface area (Å²) in [6.07, 6.45) is 8.11. The average Bonchev–Trinajstić information content (AvgIpc) is 3.25. The van der Waals surface area contributed by atoms with Crippen LogP contribution < -0.4 is 20.9 Å². The van der Waals surface area contributed by atoms with Crippen LogP contribution in [0.5, 0.6) is 11.5 Å². The number of piperidine rings is 3. The Bertz CT molecular complexity index is 2290. The van der Waals surface area contributed by atoms with Crippen molar-refractivity contribution < 1.29 is 28.6 Å². The van der Waals surface area contributed by atoms with Gasteiger partial charge < -0.3 is 34.6 Å². The highest BCUT2D eigenvalue weighted by Gasteiger charge is 2.46. The summed E-state index contributed by atoms with van der Waals surface area (Å²) in [7, 11) is -0.708. The van der Waals surface area contributed by atoms with Gasteiger partial charge in [-0.2, -0.15) is 0 Å². The Labute approximate surface area is 372 Å². The lowest BCUT2D eigenvalue weighted by Gasteiger charge is -2.45. The van der Waals surface area contributed by atoms with E-state index in [0.29, 0.717) is 59.2 Å². The molecule has 1 aromatic heterocycles. The van der Waals surface area contributed by atoms with Crippen LogP contribution in [0.4, 0.5) is 0 Å². The Hall–Kier alpha value is -4.20. The lowest BCUT2D eigenvalue weighted by Crippen LogP contribution is -2.53. The van der Waals surface area contributed by atoms with Gasteiger partial charge in [0.25, 0.3) is 5.91 Å². The first-order valence-corrected chi connectivity index (χ1v) is 25.8. The number of aromatic hydroxyl groups is 1. The lowest BCUT2D eigenvalue weighted by molar-refractivity contribution is -0.167. The van der Waals surface area contributed by atoms with Crippen molar-refractivity contribution in [1.29, 1.82) is 0 Å². The van der Waals surface area contributed by atoms with Crippen LogP contribution in [0.2, 0.25) is 23.2 Å². The second kappa shape index (κ2) is 19.3. The molecule has 4 N–H and O–H groups in total.